The van der Waals surface area contributed by atoms with Crippen molar-refractivity contribution in [2.75, 3.05) is 0 Å². The number of rotatable bonds is 5. The average Bonchev–Trinajstić information content (AvgIpc) is 2.95. The Hall–Kier alpha value is -2.58. The van der Waals surface area contributed by atoms with E-state index in [-0.39, 0.29) is 17.5 Å². The lowest BCUT2D eigenvalue weighted by Gasteiger charge is -2.29. The van der Waals surface area contributed by atoms with Crippen molar-refractivity contribution in [1.29, 1.82) is 5.26 Å². The molecule has 1 aromatic heterocycles. The van der Waals surface area contributed by atoms with Gasteiger partial charge in [0.15, 0.2) is 0 Å². The number of halogens is 1. The minimum Gasteiger partial charge on any atom is -0.348 e. The van der Waals surface area contributed by atoms with Gasteiger partial charge in [-0.05, 0) is 37.3 Å². The second-order valence-electron chi connectivity index (χ2n) is 7.44. The molecule has 1 saturated carbocycles. The molecule has 1 aliphatic carbocycles. The number of nitriles is 1. The number of carbonyl (C=O) groups is 1. The third-order valence-corrected chi connectivity index (χ3v) is 5.76. The van der Waals surface area contributed by atoms with Crippen LogP contribution in [0.3, 0.4) is 0 Å². The quantitative estimate of drug-likeness (QED) is 0.597. The Kier molecular flexibility index (Phi) is 6.53. The van der Waals surface area contributed by atoms with Crippen LogP contribution in [0, 0.1) is 24.2 Å². The predicted molar refractivity (Wildman–Crippen MR) is 111 cm³/mol. The highest BCUT2D eigenvalue weighted by Crippen LogP contribution is 2.26. The van der Waals surface area contributed by atoms with Crippen molar-refractivity contribution < 1.29 is 4.79 Å². The third-order valence-electron chi connectivity index (χ3n) is 5.37. The molecular weight excluding hydrogens is 372 g/mol. The molecule has 6 heteroatoms. The topological polar surface area (TPSA) is 70.7 Å². The van der Waals surface area contributed by atoms with E-state index in [2.05, 4.69) is 17.3 Å². The molecule has 1 aliphatic rings. The highest BCUT2D eigenvalue weighted by atomic mass is 35.5. The van der Waals surface area contributed by atoms with E-state index in [0.29, 0.717) is 28.9 Å². The van der Waals surface area contributed by atoms with Crippen LogP contribution in [0.2, 0.25) is 5.15 Å². The molecule has 2 aromatic rings. The number of aromatic nitrogens is 2. The van der Waals surface area contributed by atoms with E-state index < -0.39 is 0 Å². The molecule has 0 radical (unpaired) electrons. The Morgan fingerprint density at radius 3 is 2.75 bits per heavy atom. The van der Waals surface area contributed by atoms with Gasteiger partial charge in [0, 0.05) is 11.6 Å². The van der Waals surface area contributed by atoms with Gasteiger partial charge in [-0.15, -0.1) is 0 Å². The van der Waals surface area contributed by atoms with Crippen LogP contribution >= 0.6 is 11.6 Å². The molecule has 0 saturated heterocycles. The minimum absolute atomic E-state index is 0.0574. The van der Waals surface area contributed by atoms with E-state index in [0.717, 1.165) is 24.8 Å². The molecule has 0 aliphatic heterocycles. The first-order chi connectivity index (χ1) is 13.5. The average molecular weight is 397 g/mol. The molecule has 0 spiro atoms. The zero-order chi connectivity index (χ0) is 20.1. The van der Waals surface area contributed by atoms with Crippen molar-refractivity contribution in [2.24, 2.45) is 5.92 Å². The van der Waals surface area contributed by atoms with E-state index in [1.165, 1.54) is 6.42 Å². The van der Waals surface area contributed by atoms with E-state index in [9.17, 15) is 10.1 Å². The monoisotopic (exact) mass is 396 g/mol. The van der Waals surface area contributed by atoms with Gasteiger partial charge >= 0.3 is 0 Å². The molecule has 5 nitrogen and oxygen atoms in total. The maximum atomic E-state index is 12.6. The second-order valence-corrected chi connectivity index (χ2v) is 7.80. The van der Waals surface area contributed by atoms with E-state index in [1.807, 2.05) is 43.3 Å². The van der Waals surface area contributed by atoms with Gasteiger partial charge in [-0.2, -0.15) is 10.4 Å². The number of aryl methyl sites for hydroxylation is 1. The highest BCUT2D eigenvalue weighted by Gasteiger charge is 2.24. The van der Waals surface area contributed by atoms with Crippen LogP contribution in [0.15, 0.2) is 35.9 Å². The fourth-order valence-corrected chi connectivity index (χ4v) is 3.95. The van der Waals surface area contributed by atoms with Crippen LogP contribution in [-0.2, 0) is 11.3 Å². The summed E-state index contributed by atoms with van der Waals surface area (Å²) in [5, 5.41) is 17.5. The Labute approximate surface area is 171 Å². The van der Waals surface area contributed by atoms with Crippen LogP contribution in [-0.4, -0.2) is 21.7 Å². The summed E-state index contributed by atoms with van der Waals surface area (Å²) in [6, 6.07) is 12.0. The van der Waals surface area contributed by atoms with Crippen LogP contribution in [0.5, 0.6) is 0 Å². The number of nitrogens with zero attached hydrogens (tertiary/aromatic N) is 3. The van der Waals surface area contributed by atoms with Crippen molar-refractivity contribution in [2.45, 2.75) is 52.1 Å². The lowest BCUT2D eigenvalue weighted by molar-refractivity contribution is -0.118. The van der Waals surface area contributed by atoms with Gasteiger partial charge < -0.3 is 5.32 Å². The molecular formula is C22H25ClN4O. The van der Waals surface area contributed by atoms with E-state index in [1.54, 1.807) is 10.8 Å². The maximum Gasteiger partial charge on any atom is 0.262 e. The molecule has 1 aromatic carbocycles. The van der Waals surface area contributed by atoms with Crippen molar-refractivity contribution >= 4 is 23.6 Å². The number of carbonyl (C=O) groups excluding carboxylic acids is 1. The zero-order valence-corrected chi connectivity index (χ0v) is 17.0. The maximum absolute atomic E-state index is 12.6. The molecule has 146 valence electrons. The first kappa shape index (κ1) is 20.2. The second kappa shape index (κ2) is 9.07. The zero-order valence-electron chi connectivity index (χ0n) is 16.3. The van der Waals surface area contributed by atoms with Crippen LogP contribution in [0.25, 0.3) is 6.08 Å². The summed E-state index contributed by atoms with van der Waals surface area (Å²) >= 11 is 6.52. The Balaban J connectivity index is 1.80. The lowest BCUT2D eigenvalue weighted by atomic mass is 9.86. The van der Waals surface area contributed by atoms with Crippen molar-refractivity contribution in [1.82, 2.24) is 15.1 Å². The molecule has 1 amide bonds. The summed E-state index contributed by atoms with van der Waals surface area (Å²) < 4.78 is 1.69. The molecule has 3 rings (SSSR count). The largest absolute Gasteiger partial charge is 0.348 e. The summed E-state index contributed by atoms with van der Waals surface area (Å²) in [7, 11) is 0. The number of nitrogens with one attached hydrogen (secondary N) is 1. The van der Waals surface area contributed by atoms with Gasteiger partial charge in [-0.3, -0.25) is 4.79 Å². The minimum atomic E-state index is -0.340. The summed E-state index contributed by atoms with van der Waals surface area (Å²) in [4.78, 5) is 12.6. The molecule has 1 fully saturated rings. The van der Waals surface area contributed by atoms with Crippen molar-refractivity contribution in [3.05, 3.63) is 57.9 Å². The smallest absolute Gasteiger partial charge is 0.262 e. The number of hydrogen-bond donors (Lipinski definition) is 1. The van der Waals surface area contributed by atoms with E-state index >= 15 is 0 Å². The fraction of sp³-hybridized carbons (Fsp3) is 0.409. The van der Waals surface area contributed by atoms with E-state index in [4.69, 9.17) is 11.6 Å². The van der Waals surface area contributed by atoms with Crippen molar-refractivity contribution in [3.8, 4) is 6.07 Å². The standard InChI is InChI=1S/C22H25ClN4O/c1-15-8-6-7-11-20(15)25-22(28)18(13-24)12-19-16(2)26-27(21(19)23)14-17-9-4-3-5-10-17/h3-5,9-10,12,15,20H,6-8,11,14H2,1-2H3,(H,25,28)/b18-12+/t15-,20-/m0/s1. The first-order valence-electron chi connectivity index (χ1n) is 9.69. The van der Waals surface area contributed by atoms with Gasteiger partial charge in [0.05, 0.1) is 12.2 Å². The molecule has 0 bridgehead atoms. The summed E-state index contributed by atoms with van der Waals surface area (Å²) in [6.07, 6.45) is 5.92. The molecule has 28 heavy (non-hydrogen) atoms. The summed E-state index contributed by atoms with van der Waals surface area (Å²) in [5.74, 6) is 0.0871. The molecule has 1 N–H and O–H groups in total. The Morgan fingerprint density at radius 2 is 2.07 bits per heavy atom. The van der Waals surface area contributed by atoms with Gasteiger partial charge in [0.2, 0.25) is 0 Å². The SMILES string of the molecule is Cc1nn(Cc2ccccc2)c(Cl)c1/C=C(\C#N)C(=O)N[C@H]1CCCC[C@@H]1C. The fourth-order valence-electron chi connectivity index (χ4n) is 3.66. The Morgan fingerprint density at radius 1 is 1.36 bits per heavy atom. The van der Waals surface area contributed by atoms with Gasteiger partial charge in [-0.1, -0.05) is 61.7 Å². The highest BCUT2D eigenvalue weighted by molar-refractivity contribution is 6.31. The summed E-state index contributed by atoms with van der Waals surface area (Å²) in [5.41, 5.74) is 2.43. The molecule has 0 unspecified atom stereocenters. The lowest BCUT2D eigenvalue weighted by Crippen LogP contribution is -2.41. The Bertz CT molecular complexity index is 911. The summed E-state index contributed by atoms with van der Waals surface area (Å²) in [6.45, 7) is 4.51. The van der Waals surface area contributed by atoms with Gasteiger partial charge in [0.25, 0.3) is 5.91 Å². The van der Waals surface area contributed by atoms with Crippen molar-refractivity contribution in [3.63, 3.8) is 0 Å². The number of benzene rings is 1. The van der Waals surface area contributed by atoms with Crippen LogP contribution in [0.1, 0.15) is 49.4 Å². The predicted octanol–water partition coefficient (Wildman–Crippen LogP) is 4.50. The third kappa shape index (κ3) is 4.63. The van der Waals surface area contributed by atoms with Gasteiger partial charge in [-0.25, -0.2) is 4.68 Å². The first-order valence-corrected chi connectivity index (χ1v) is 10.1. The van der Waals surface area contributed by atoms with Crippen LogP contribution in [0.4, 0.5) is 0 Å². The van der Waals surface area contributed by atoms with Gasteiger partial charge in [0.1, 0.15) is 16.8 Å². The molecule has 2 atom stereocenters. The number of amides is 1. The van der Waals surface area contributed by atoms with Crippen LogP contribution < -0.4 is 5.32 Å². The normalized spacial score (nSPS) is 19.9. The molecule has 1 heterocycles. The number of hydrogen-bond acceptors (Lipinski definition) is 3.